The number of rotatable bonds is 6. The molecule has 0 aliphatic carbocycles. The lowest BCUT2D eigenvalue weighted by Crippen LogP contribution is -2.45. The van der Waals surface area contributed by atoms with Crippen LogP contribution in [0.1, 0.15) is 26.2 Å². The number of carbonyl (C=O) groups is 2. The van der Waals surface area contributed by atoms with Crippen molar-refractivity contribution in [3.05, 3.63) is 24.3 Å². The minimum Gasteiger partial charge on any atom is -0.354 e. The van der Waals surface area contributed by atoms with Gasteiger partial charge in [-0.1, -0.05) is 17.3 Å². The number of fused-ring (bicyclic) bond motifs is 1. The molecule has 2 aromatic rings. The van der Waals surface area contributed by atoms with Gasteiger partial charge in [0.15, 0.2) is 0 Å². The van der Waals surface area contributed by atoms with E-state index in [0.29, 0.717) is 26.1 Å². The van der Waals surface area contributed by atoms with Gasteiger partial charge in [-0.15, -0.1) is 5.10 Å². The molecule has 2 amide bonds. The average Bonchev–Trinajstić information content (AvgIpc) is 3.17. The molecule has 1 atom stereocenters. The fourth-order valence-electron chi connectivity index (χ4n) is 2.89. The lowest BCUT2D eigenvalue weighted by Gasteiger charge is -2.23. The molecule has 1 aliphatic rings. The molecule has 1 saturated heterocycles. The monoisotopic (exact) mass is 315 g/mol. The van der Waals surface area contributed by atoms with E-state index in [0.717, 1.165) is 23.9 Å². The van der Waals surface area contributed by atoms with Crippen LogP contribution in [0.25, 0.3) is 11.0 Å². The van der Waals surface area contributed by atoms with Crippen molar-refractivity contribution in [2.75, 3.05) is 13.1 Å². The van der Waals surface area contributed by atoms with E-state index in [1.165, 1.54) is 0 Å². The Morgan fingerprint density at radius 3 is 3.00 bits per heavy atom. The van der Waals surface area contributed by atoms with Gasteiger partial charge in [0, 0.05) is 26.1 Å². The number of carbonyl (C=O) groups excluding carboxylic acids is 2. The number of hydrogen-bond acceptors (Lipinski definition) is 4. The van der Waals surface area contributed by atoms with Crippen molar-refractivity contribution in [3.8, 4) is 0 Å². The number of aryl methyl sites for hydroxylation is 1. The minimum absolute atomic E-state index is 0.0711. The number of hydrogen-bond donors (Lipinski definition) is 1. The predicted molar refractivity (Wildman–Crippen MR) is 85.6 cm³/mol. The molecule has 23 heavy (non-hydrogen) atoms. The lowest BCUT2D eigenvalue weighted by atomic mass is 10.2. The first kappa shape index (κ1) is 15.5. The Labute approximate surface area is 134 Å². The Kier molecular flexibility index (Phi) is 4.55. The number of benzene rings is 1. The highest BCUT2D eigenvalue weighted by Crippen LogP contribution is 2.13. The highest BCUT2D eigenvalue weighted by Gasteiger charge is 2.28. The van der Waals surface area contributed by atoms with Crippen molar-refractivity contribution in [1.82, 2.24) is 25.2 Å². The Bertz CT molecular complexity index is 711. The first-order valence-electron chi connectivity index (χ1n) is 8.02. The molecule has 1 unspecified atom stereocenters. The van der Waals surface area contributed by atoms with Gasteiger partial charge in [0.1, 0.15) is 11.6 Å². The van der Waals surface area contributed by atoms with Crippen molar-refractivity contribution in [1.29, 1.82) is 0 Å². The van der Waals surface area contributed by atoms with E-state index in [9.17, 15) is 9.59 Å². The van der Waals surface area contributed by atoms with Crippen LogP contribution < -0.4 is 5.32 Å². The van der Waals surface area contributed by atoms with E-state index in [-0.39, 0.29) is 11.8 Å². The third kappa shape index (κ3) is 3.33. The second-order valence-corrected chi connectivity index (χ2v) is 5.81. The van der Waals surface area contributed by atoms with Crippen LogP contribution in [0, 0.1) is 0 Å². The zero-order chi connectivity index (χ0) is 16.2. The molecule has 1 aromatic heterocycles. The fourth-order valence-corrected chi connectivity index (χ4v) is 2.89. The van der Waals surface area contributed by atoms with Gasteiger partial charge in [0.05, 0.1) is 5.52 Å². The summed E-state index contributed by atoms with van der Waals surface area (Å²) in [6.07, 6.45) is 2.16. The molecule has 122 valence electrons. The van der Waals surface area contributed by atoms with Crippen LogP contribution in [-0.2, 0) is 16.1 Å². The van der Waals surface area contributed by atoms with Crippen molar-refractivity contribution >= 4 is 22.8 Å². The molecule has 0 radical (unpaired) electrons. The van der Waals surface area contributed by atoms with E-state index in [4.69, 9.17) is 0 Å². The predicted octanol–water partition coefficient (Wildman–Crippen LogP) is 0.948. The first-order chi connectivity index (χ1) is 11.2. The zero-order valence-electron chi connectivity index (χ0n) is 13.2. The van der Waals surface area contributed by atoms with Crippen LogP contribution in [0.2, 0.25) is 0 Å². The van der Waals surface area contributed by atoms with Gasteiger partial charge in [0.25, 0.3) is 0 Å². The number of aromatic nitrogens is 3. The molecule has 7 heteroatoms. The Hall–Kier alpha value is -2.44. The summed E-state index contributed by atoms with van der Waals surface area (Å²) in [5.74, 6) is -0.0227. The van der Waals surface area contributed by atoms with Gasteiger partial charge >= 0.3 is 0 Å². The van der Waals surface area contributed by atoms with Crippen LogP contribution >= 0.6 is 0 Å². The molecule has 1 aromatic carbocycles. The first-order valence-corrected chi connectivity index (χ1v) is 8.02. The maximum atomic E-state index is 12.1. The SMILES string of the molecule is CC(C(=O)NCCCn1nnc2ccccc21)N1CCCC1=O. The van der Waals surface area contributed by atoms with E-state index < -0.39 is 6.04 Å². The van der Waals surface area contributed by atoms with Gasteiger partial charge in [-0.3, -0.25) is 9.59 Å². The van der Waals surface area contributed by atoms with Crippen molar-refractivity contribution in [3.63, 3.8) is 0 Å². The van der Waals surface area contributed by atoms with Crippen molar-refractivity contribution < 1.29 is 9.59 Å². The number of nitrogens with zero attached hydrogens (tertiary/aromatic N) is 4. The molecule has 1 N–H and O–H groups in total. The molecular weight excluding hydrogens is 294 g/mol. The van der Waals surface area contributed by atoms with Crippen molar-refractivity contribution in [2.45, 2.75) is 38.8 Å². The van der Waals surface area contributed by atoms with Crippen LogP contribution in [0.5, 0.6) is 0 Å². The number of likely N-dealkylation sites (tertiary alicyclic amines) is 1. The third-order valence-electron chi connectivity index (χ3n) is 4.22. The van der Waals surface area contributed by atoms with Crippen molar-refractivity contribution in [2.24, 2.45) is 0 Å². The largest absolute Gasteiger partial charge is 0.354 e. The number of para-hydroxylation sites is 1. The Morgan fingerprint density at radius 2 is 2.22 bits per heavy atom. The summed E-state index contributed by atoms with van der Waals surface area (Å²) < 4.78 is 1.84. The molecular formula is C16H21N5O2. The molecule has 0 saturated carbocycles. The normalized spacial score (nSPS) is 16.0. The van der Waals surface area contributed by atoms with Crippen LogP contribution in [0.15, 0.2) is 24.3 Å². The molecule has 0 bridgehead atoms. The Morgan fingerprint density at radius 1 is 1.39 bits per heavy atom. The lowest BCUT2D eigenvalue weighted by molar-refractivity contribution is -0.136. The maximum absolute atomic E-state index is 12.1. The minimum atomic E-state index is -0.391. The van der Waals surface area contributed by atoms with Gasteiger partial charge in [-0.25, -0.2) is 4.68 Å². The molecule has 1 aliphatic heterocycles. The summed E-state index contributed by atoms with van der Waals surface area (Å²) in [5.41, 5.74) is 1.87. The number of nitrogens with one attached hydrogen (secondary N) is 1. The molecule has 0 spiro atoms. The van der Waals surface area contributed by atoms with Gasteiger partial charge in [0.2, 0.25) is 11.8 Å². The standard InChI is InChI=1S/C16H21N5O2/c1-12(20-10-4-8-15(20)22)16(23)17-9-5-11-21-14-7-3-2-6-13(14)18-19-21/h2-3,6-7,12H,4-5,8-11H2,1H3,(H,17,23). The van der Waals surface area contributed by atoms with Gasteiger partial charge < -0.3 is 10.2 Å². The third-order valence-corrected chi connectivity index (χ3v) is 4.22. The van der Waals surface area contributed by atoms with E-state index in [1.807, 2.05) is 28.9 Å². The van der Waals surface area contributed by atoms with E-state index in [2.05, 4.69) is 15.6 Å². The molecule has 1 fully saturated rings. The topological polar surface area (TPSA) is 80.1 Å². The summed E-state index contributed by atoms with van der Waals surface area (Å²) in [4.78, 5) is 25.4. The van der Waals surface area contributed by atoms with Gasteiger partial charge in [-0.2, -0.15) is 0 Å². The second kappa shape index (κ2) is 6.76. The van der Waals surface area contributed by atoms with Crippen LogP contribution in [0.3, 0.4) is 0 Å². The summed E-state index contributed by atoms with van der Waals surface area (Å²) in [6, 6.07) is 7.41. The summed E-state index contributed by atoms with van der Waals surface area (Å²) in [7, 11) is 0. The molecule has 2 heterocycles. The highest BCUT2D eigenvalue weighted by atomic mass is 16.2. The Balaban J connectivity index is 1.46. The van der Waals surface area contributed by atoms with E-state index >= 15 is 0 Å². The molecule has 7 nitrogen and oxygen atoms in total. The fraction of sp³-hybridized carbons (Fsp3) is 0.500. The highest BCUT2D eigenvalue weighted by molar-refractivity contribution is 5.88. The van der Waals surface area contributed by atoms with E-state index in [1.54, 1.807) is 11.8 Å². The summed E-state index contributed by atoms with van der Waals surface area (Å²) in [6.45, 7) is 3.71. The smallest absolute Gasteiger partial charge is 0.242 e. The van der Waals surface area contributed by atoms with Crippen LogP contribution in [0.4, 0.5) is 0 Å². The quantitative estimate of drug-likeness (QED) is 0.805. The molecule has 3 rings (SSSR count). The number of amides is 2. The van der Waals surface area contributed by atoms with Gasteiger partial charge in [-0.05, 0) is 31.9 Å². The zero-order valence-corrected chi connectivity index (χ0v) is 13.2. The van der Waals surface area contributed by atoms with Crippen LogP contribution in [-0.4, -0.2) is 50.8 Å². The summed E-state index contributed by atoms with van der Waals surface area (Å²) >= 11 is 0. The average molecular weight is 315 g/mol. The summed E-state index contributed by atoms with van der Waals surface area (Å²) in [5, 5.41) is 11.1. The maximum Gasteiger partial charge on any atom is 0.242 e. The second-order valence-electron chi connectivity index (χ2n) is 5.81.